The maximum Gasteiger partial charge on any atom is 0.0468 e. The summed E-state index contributed by atoms with van der Waals surface area (Å²) in [5, 5.41) is 4.98. The van der Waals surface area contributed by atoms with Crippen LogP contribution in [0.4, 0.5) is 17.1 Å². The van der Waals surface area contributed by atoms with Gasteiger partial charge < -0.3 is 4.90 Å². The van der Waals surface area contributed by atoms with Crippen molar-refractivity contribution >= 4 is 38.6 Å². The molecule has 1 aliphatic rings. The van der Waals surface area contributed by atoms with Gasteiger partial charge in [0.15, 0.2) is 0 Å². The van der Waals surface area contributed by atoms with Gasteiger partial charge in [0, 0.05) is 22.5 Å². The predicted molar refractivity (Wildman–Crippen MR) is 224 cm³/mol. The summed E-state index contributed by atoms with van der Waals surface area (Å²) in [5.41, 5.74) is 14.7. The van der Waals surface area contributed by atoms with Gasteiger partial charge >= 0.3 is 0 Å². The quantitative estimate of drug-likeness (QED) is 0.170. The van der Waals surface area contributed by atoms with E-state index in [0.29, 0.717) is 0 Å². The third-order valence-corrected chi connectivity index (χ3v) is 11.3. The standard InChI is InChI=1S/C52H37N/c1-52(41-17-3-2-4-18-41)49-23-10-9-20-48(49)51-47(22-12-24-50(51)52)39-28-32-43(33-29-39)53(44-34-25-36-13-5-6-15-40(36)35-44)42-30-26-38(27-31-42)46-21-11-16-37-14-7-8-19-45(37)46/h2-35H,1H3. The van der Waals surface area contributed by atoms with Crippen LogP contribution in [0.1, 0.15) is 23.6 Å². The topological polar surface area (TPSA) is 3.24 Å². The van der Waals surface area contributed by atoms with E-state index in [1.807, 2.05) is 0 Å². The van der Waals surface area contributed by atoms with E-state index < -0.39 is 0 Å². The van der Waals surface area contributed by atoms with Crippen LogP contribution in [0.2, 0.25) is 0 Å². The summed E-state index contributed by atoms with van der Waals surface area (Å²) in [4.78, 5) is 2.38. The van der Waals surface area contributed by atoms with Crippen molar-refractivity contribution in [2.75, 3.05) is 4.90 Å². The van der Waals surface area contributed by atoms with Crippen molar-refractivity contribution in [1.29, 1.82) is 0 Å². The molecule has 1 unspecified atom stereocenters. The normalized spacial score (nSPS) is 14.6. The lowest BCUT2D eigenvalue weighted by atomic mass is 9.74. The minimum Gasteiger partial charge on any atom is -0.310 e. The lowest BCUT2D eigenvalue weighted by Crippen LogP contribution is -2.22. The van der Waals surface area contributed by atoms with Crippen molar-refractivity contribution in [3.63, 3.8) is 0 Å². The van der Waals surface area contributed by atoms with Gasteiger partial charge in [-0.05, 0) is 115 Å². The number of rotatable bonds is 6. The van der Waals surface area contributed by atoms with Gasteiger partial charge in [-0.2, -0.15) is 0 Å². The van der Waals surface area contributed by atoms with Crippen LogP contribution >= 0.6 is 0 Å². The van der Waals surface area contributed by atoms with Gasteiger partial charge in [0.2, 0.25) is 0 Å². The van der Waals surface area contributed by atoms with Crippen LogP contribution < -0.4 is 4.90 Å². The molecule has 1 aliphatic carbocycles. The van der Waals surface area contributed by atoms with Crippen molar-refractivity contribution in [2.45, 2.75) is 12.3 Å². The molecule has 0 aromatic heterocycles. The molecule has 0 N–H and O–H groups in total. The zero-order chi connectivity index (χ0) is 35.4. The Kier molecular flexibility index (Phi) is 7.33. The lowest BCUT2D eigenvalue weighted by Gasteiger charge is -2.28. The first-order valence-electron chi connectivity index (χ1n) is 18.4. The lowest BCUT2D eigenvalue weighted by molar-refractivity contribution is 0.714. The highest BCUT2D eigenvalue weighted by Gasteiger charge is 2.41. The van der Waals surface area contributed by atoms with Crippen molar-refractivity contribution in [3.05, 3.63) is 223 Å². The van der Waals surface area contributed by atoms with E-state index in [-0.39, 0.29) is 5.41 Å². The van der Waals surface area contributed by atoms with Crippen LogP contribution in [-0.2, 0) is 5.41 Å². The third-order valence-electron chi connectivity index (χ3n) is 11.3. The third kappa shape index (κ3) is 5.08. The highest BCUT2D eigenvalue weighted by atomic mass is 15.1. The van der Waals surface area contributed by atoms with Crippen molar-refractivity contribution < 1.29 is 0 Å². The Balaban J connectivity index is 1.08. The molecule has 0 bridgehead atoms. The van der Waals surface area contributed by atoms with Crippen molar-refractivity contribution in [2.24, 2.45) is 0 Å². The SMILES string of the molecule is CC1(c2ccccc2)c2ccccc2-c2c(-c3ccc(N(c4ccc(-c5cccc6ccccc56)cc4)c4ccc5ccccc5c4)cc3)cccc21. The van der Waals surface area contributed by atoms with E-state index in [1.54, 1.807) is 0 Å². The largest absolute Gasteiger partial charge is 0.310 e. The molecule has 0 saturated carbocycles. The van der Waals surface area contributed by atoms with Crippen LogP contribution in [0, 0.1) is 0 Å². The zero-order valence-electron chi connectivity index (χ0n) is 29.6. The Hall–Kier alpha value is -6.70. The van der Waals surface area contributed by atoms with E-state index in [2.05, 4.69) is 218 Å². The summed E-state index contributed by atoms with van der Waals surface area (Å²) in [6.45, 7) is 2.38. The van der Waals surface area contributed by atoms with Crippen LogP contribution in [0.3, 0.4) is 0 Å². The van der Waals surface area contributed by atoms with Gasteiger partial charge in [-0.25, -0.2) is 0 Å². The fraction of sp³-hybridized carbons (Fsp3) is 0.0385. The molecular formula is C52H37N. The second kappa shape index (κ2) is 12.5. The first kappa shape index (κ1) is 31.1. The molecule has 9 aromatic carbocycles. The fourth-order valence-electron chi connectivity index (χ4n) is 8.68. The average molecular weight is 676 g/mol. The van der Waals surface area contributed by atoms with E-state index in [1.165, 1.54) is 71.6 Å². The van der Waals surface area contributed by atoms with E-state index >= 15 is 0 Å². The summed E-state index contributed by atoms with van der Waals surface area (Å²) in [6, 6.07) is 75.4. The summed E-state index contributed by atoms with van der Waals surface area (Å²) >= 11 is 0. The molecular weight excluding hydrogens is 639 g/mol. The number of nitrogens with zero attached hydrogens (tertiary/aromatic N) is 1. The van der Waals surface area contributed by atoms with Gasteiger partial charge in [-0.3, -0.25) is 0 Å². The van der Waals surface area contributed by atoms with E-state index in [0.717, 1.165) is 17.1 Å². The maximum absolute atomic E-state index is 2.38. The minimum absolute atomic E-state index is 0.228. The second-order valence-electron chi connectivity index (χ2n) is 14.3. The molecule has 0 fully saturated rings. The molecule has 250 valence electrons. The Morgan fingerprint density at radius 2 is 0.887 bits per heavy atom. The molecule has 53 heavy (non-hydrogen) atoms. The smallest absolute Gasteiger partial charge is 0.0468 e. The highest BCUT2D eigenvalue weighted by Crippen LogP contribution is 2.55. The van der Waals surface area contributed by atoms with Gasteiger partial charge in [-0.15, -0.1) is 0 Å². The molecule has 1 atom stereocenters. The molecule has 1 nitrogen and oxygen atoms in total. The number of hydrogen-bond acceptors (Lipinski definition) is 1. The molecule has 1 heteroatoms. The molecule has 0 aliphatic heterocycles. The van der Waals surface area contributed by atoms with Gasteiger partial charge in [0.25, 0.3) is 0 Å². The number of benzene rings is 9. The summed E-state index contributed by atoms with van der Waals surface area (Å²) in [7, 11) is 0. The summed E-state index contributed by atoms with van der Waals surface area (Å²) in [6.07, 6.45) is 0. The molecule has 0 spiro atoms. The number of hydrogen-bond donors (Lipinski definition) is 0. The fourth-order valence-corrected chi connectivity index (χ4v) is 8.68. The summed E-state index contributed by atoms with van der Waals surface area (Å²) in [5.74, 6) is 0. The first-order chi connectivity index (χ1) is 26.2. The van der Waals surface area contributed by atoms with Crippen LogP contribution in [0.15, 0.2) is 206 Å². The van der Waals surface area contributed by atoms with Gasteiger partial charge in [-0.1, -0.05) is 170 Å². The second-order valence-corrected chi connectivity index (χ2v) is 14.3. The summed E-state index contributed by atoms with van der Waals surface area (Å²) < 4.78 is 0. The van der Waals surface area contributed by atoms with Crippen LogP contribution in [-0.4, -0.2) is 0 Å². The van der Waals surface area contributed by atoms with Crippen LogP contribution in [0.5, 0.6) is 0 Å². The highest BCUT2D eigenvalue weighted by molar-refractivity contribution is 5.98. The maximum atomic E-state index is 2.38. The van der Waals surface area contributed by atoms with E-state index in [4.69, 9.17) is 0 Å². The molecule has 0 saturated heterocycles. The predicted octanol–water partition coefficient (Wildman–Crippen LogP) is 14.1. The number of anilines is 3. The van der Waals surface area contributed by atoms with Crippen molar-refractivity contribution in [1.82, 2.24) is 0 Å². The van der Waals surface area contributed by atoms with Gasteiger partial charge in [0.05, 0.1) is 0 Å². The van der Waals surface area contributed by atoms with Crippen LogP contribution in [0.25, 0.3) is 54.9 Å². The minimum atomic E-state index is -0.228. The molecule has 10 rings (SSSR count). The molecule has 0 heterocycles. The Morgan fingerprint density at radius 1 is 0.358 bits per heavy atom. The zero-order valence-corrected chi connectivity index (χ0v) is 29.6. The molecule has 9 aromatic rings. The Bertz CT molecular complexity index is 2770. The molecule has 0 amide bonds. The number of fused-ring (bicyclic) bond motifs is 5. The molecule has 0 radical (unpaired) electrons. The van der Waals surface area contributed by atoms with E-state index in [9.17, 15) is 0 Å². The average Bonchev–Trinajstić information content (AvgIpc) is 3.50. The first-order valence-corrected chi connectivity index (χ1v) is 18.4. The Morgan fingerprint density at radius 3 is 1.66 bits per heavy atom. The van der Waals surface area contributed by atoms with Crippen molar-refractivity contribution in [3.8, 4) is 33.4 Å². The van der Waals surface area contributed by atoms with Gasteiger partial charge in [0.1, 0.15) is 0 Å². The Labute approximate surface area is 311 Å². The monoisotopic (exact) mass is 675 g/mol.